The molecular formula is C13H17Br2NO. The van der Waals surface area contributed by atoms with Gasteiger partial charge in [0.15, 0.2) is 0 Å². The van der Waals surface area contributed by atoms with Crippen LogP contribution in [0.25, 0.3) is 0 Å². The first-order valence-electron chi connectivity index (χ1n) is 5.71. The molecule has 1 aromatic carbocycles. The lowest BCUT2D eigenvalue weighted by atomic mass is 10.1. The second kappa shape index (κ2) is 7.17. The largest absolute Gasteiger partial charge is 0.339 e. The van der Waals surface area contributed by atoms with E-state index in [0.29, 0.717) is 0 Å². The van der Waals surface area contributed by atoms with Crippen molar-refractivity contribution in [3.8, 4) is 0 Å². The van der Waals surface area contributed by atoms with Crippen molar-refractivity contribution in [3.63, 3.8) is 0 Å². The summed E-state index contributed by atoms with van der Waals surface area (Å²) in [5, 5.41) is 0.922. The van der Waals surface area contributed by atoms with Crippen molar-refractivity contribution in [1.29, 1.82) is 0 Å². The van der Waals surface area contributed by atoms with E-state index in [2.05, 4.69) is 31.9 Å². The van der Waals surface area contributed by atoms with Gasteiger partial charge in [-0.3, -0.25) is 4.79 Å². The molecule has 0 aliphatic heterocycles. The second-order valence-corrected chi connectivity index (χ2v) is 5.56. The van der Waals surface area contributed by atoms with Gasteiger partial charge in [-0.25, -0.2) is 0 Å². The number of aryl methyl sites for hydroxylation is 1. The van der Waals surface area contributed by atoms with Crippen molar-refractivity contribution in [3.05, 3.63) is 33.8 Å². The smallest absolute Gasteiger partial charge is 0.254 e. The Bertz CT molecular complexity index is 393. The van der Waals surface area contributed by atoms with Crippen LogP contribution in [0.1, 0.15) is 29.3 Å². The zero-order chi connectivity index (χ0) is 12.8. The number of nitrogens with zero attached hydrogens (tertiary/aromatic N) is 1. The van der Waals surface area contributed by atoms with Crippen LogP contribution in [0.4, 0.5) is 0 Å². The third kappa shape index (κ3) is 4.11. The van der Waals surface area contributed by atoms with Gasteiger partial charge < -0.3 is 4.90 Å². The molecule has 0 N–H and O–H groups in total. The van der Waals surface area contributed by atoms with Gasteiger partial charge in [-0.05, 0) is 53.9 Å². The summed E-state index contributed by atoms with van der Waals surface area (Å²) < 4.78 is 0.875. The zero-order valence-corrected chi connectivity index (χ0v) is 13.3. The number of amides is 1. The molecule has 0 fully saturated rings. The highest BCUT2D eigenvalue weighted by molar-refractivity contribution is 9.10. The lowest BCUT2D eigenvalue weighted by molar-refractivity contribution is 0.0764. The summed E-state index contributed by atoms with van der Waals surface area (Å²) in [5.41, 5.74) is 1.89. The normalized spacial score (nSPS) is 10.4. The molecule has 0 bridgehead atoms. The molecule has 0 saturated carbocycles. The molecule has 1 amide bonds. The topological polar surface area (TPSA) is 20.3 Å². The molecule has 0 unspecified atom stereocenters. The fourth-order valence-electron chi connectivity index (χ4n) is 1.62. The molecule has 0 saturated heterocycles. The van der Waals surface area contributed by atoms with E-state index < -0.39 is 0 Å². The number of carbonyl (C=O) groups excluding carboxylic acids is 1. The number of rotatable bonds is 5. The van der Waals surface area contributed by atoms with Crippen molar-refractivity contribution < 1.29 is 4.79 Å². The van der Waals surface area contributed by atoms with Gasteiger partial charge in [0.25, 0.3) is 5.91 Å². The molecule has 0 heterocycles. The second-order valence-electron chi connectivity index (χ2n) is 3.91. The third-order valence-corrected chi connectivity index (χ3v) is 3.80. The molecule has 0 radical (unpaired) electrons. The van der Waals surface area contributed by atoms with Gasteiger partial charge in [0.1, 0.15) is 0 Å². The van der Waals surface area contributed by atoms with E-state index in [4.69, 9.17) is 0 Å². The van der Waals surface area contributed by atoms with Crippen LogP contribution in [0.15, 0.2) is 22.7 Å². The maximum atomic E-state index is 12.3. The van der Waals surface area contributed by atoms with E-state index in [-0.39, 0.29) is 5.91 Å². The van der Waals surface area contributed by atoms with E-state index >= 15 is 0 Å². The van der Waals surface area contributed by atoms with Crippen LogP contribution in [0.2, 0.25) is 0 Å². The highest BCUT2D eigenvalue weighted by Gasteiger charge is 2.16. The van der Waals surface area contributed by atoms with E-state index in [1.54, 1.807) is 0 Å². The van der Waals surface area contributed by atoms with Gasteiger partial charge in [-0.2, -0.15) is 0 Å². The minimum atomic E-state index is 0.0975. The van der Waals surface area contributed by atoms with Crippen LogP contribution in [-0.2, 0) is 0 Å². The summed E-state index contributed by atoms with van der Waals surface area (Å²) in [6, 6.07) is 5.83. The van der Waals surface area contributed by atoms with Gasteiger partial charge in [0.05, 0.1) is 5.56 Å². The fourth-order valence-corrected chi connectivity index (χ4v) is 2.53. The van der Waals surface area contributed by atoms with E-state index in [0.717, 1.165) is 40.4 Å². The lowest BCUT2D eigenvalue weighted by Gasteiger charge is -2.21. The van der Waals surface area contributed by atoms with Crippen LogP contribution in [0.5, 0.6) is 0 Å². The number of carbonyl (C=O) groups is 1. The first-order chi connectivity index (χ1) is 8.10. The summed E-state index contributed by atoms with van der Waals surface area (Å²) in [4.78, 5) is 14.2. The number of hydrogen-bond acceptors (Lipinski definition) is 1. The highest BCUT2D eigenvalue weighted by atomic mass is 79.9. The van der Waals surface area contributed by atoms with Crippen molar-refractivity contribution in [2.24, 2.45) is 0 Å². The molecule has 0 aromatic heterocycles. The van der Waals surface area contributed by atoms with Crippen LogP contribution in [0, 0.1) is 6.92 Å². The van der Waals surface area contributed by atoms with Crippen molar-refractivity contribution >= 4 is 37.8 Å². The maximum absolute atomic E-state index is 12.3. The van der Waals surface area contributed by atoms with Gasteiger partial charge >= 0.3 is 0 Å². The van der Waals surface area contributed by atoms with Crippen molar-refractivity contribution in [2.75, 3.05) is 18.4 Å². The Balaban J connectivity index is 2.86. The van der Waals surface area contributed by atoms with Crippen molar-refractivity contribution in [2.45, 2.75) is 20.3 Å². The standard InChI is InChI=1S/C13H17Br2NO/c1-3-16(8-4-7-14)13(17)11-6-5-10(2)9-12(11)15/h5-6,9H,3-4,7-8H2,1-2H3. The molecule has 1 rings (SSSR count). The molecule has 0 aliphatic carbocycles. The molecule has 1 aromatic rings. The molecule has 94 valence electrons. The molecule has 4 heteroatoms. The molecular weight excluding hydrogens is 346 g/mol. The Morgan fingerprint density at radius 1 is 1.41 bits per heavy atom. The number of hydrogen-bond donors (Lipinski definition) is 0. The summed E-state index contributed by atoms with van der Waals surface area (Å²) >= 11 is 6.85. The summed E-state index contributed by atoms with van der Waals surface area (Å²) in [6.07, 6.45) is 0.975. The SMILES string of the molecule is CCN(CCCBr)C(=O)c1ccc(C)cc1Br. The Kier molecular flexibility index (Phi) is 6.20. The number of halogens is 2. The van der Waals surface area contributed by atoms with E-state index in [1.807, 2.05) is 36.9 Å². The zero-order valence-electron chi connectivity index (χ0n) is 10.2. The molecule has 0 spiro atoms. The quantitative estimate of drug-likeness (QED) is 0.725. The molecule has 0 aliphatic rings. The van der Waals surface area contributed by atoms with Gasteiger partial charge in [-0.15, -0.1) is 0 Å². The summed E-state index contributed by atoms with van der Waals surface area (Å²) in [7, 11) is 0. The Morgan fingerprint density at radius 3 is 2.65 bits per heavy atom. The minimum Gasteiger partial charge on any atom is -0.339 e. The monoisotopic (exact) mass is 361 g/mol. The fraction of sp³-hybridized carbons (Fsp3) is 0.462. The van der Waals surface area contributed by atoms with Gasteiger partial charge in [0.2, 0.25) is 0 Å². The highest BCUT2D eigenvalue weighted by Crippen LogP contribution is 2.20. The van der Waals surface area contributed by atoms with Crippen LogP contribution in [0.3, 0.4) is 0 Å². The van der Waals surface area contributed by atoms with E-state index in [1.165, 1.54) is 0 Å². The maximum Gasteiger partial charge on any atom is 0.254 e. The van der Waals surface area contributed by atoms with Crippen LogP contribution < -0.4 is 0 Å². The van der Waals surface area contributed by atoms with Crippen molar-refractivity contribution in [1.82, 2.24) is 4.90 Å². The van der Waals surface area contributed by atoms with Gasteiger partial charge in [-0.1, -0.05) is 22.0 Å². The summed E-state index contributed by atoms with van der Waals surface area (Å²) in [5.74, 6) is 0.0975. The van der Waals surface area contributed by atoms with Crippen LogP contribution >= 0.6 is 31.9 Å². The molecule has 2 nitrogen and oxygen atoms in total. The average Bonchev–Trinajstić information content (AvgIpc) is 2.29. The summed E-state index contributed by atoms with van der Waals surface area (Å²) in [6.45, 7) is 5.56. The predicted molar refractivity (Wildman–Crippen MR) is 78.9 cm³/mol. The Labute approximate surface area is 120 Å². The molecule has 17 heavy (non-hydrogen) atoms. The first-order valence-corrected chi connectivity index (χ1v) is 7.63. The number of benzene rings is 1. The Hall–Kier alpha value is -0.350. The number of alkyl halides is 1. The minimum absolute atomic E-state index is 0.0975. The lowest BCUT2D eigenvalue weighted by Crippen LogP contribution is -2.32. The average molecular weight is 363 g/mol. The van der Waals surface area contributed by atoms with Crippen LogP contribution in [-0.4, -0.2) is 29.2 Å². The first kappa shape index (κ1) is 14.7. The molecule has 0 atom stereocenters. The van der Waals surface area contributed by atoms with E-state index in [9.17, 15) is 4.79 Å². The van der Waals surface area contributed by atoms with Gasteiger partial charge in [0, 0.05) is 22.9 Å². The third-order valence-electron chi connectivity index (χ3n) is 2.59. The predicted octanol–water partition coefficient (Wildman–Crippen LogP) is 4.00. The Morgan fingerprint density at radius 2 is 2.12 bits per heavy atom.